The van der Waals surface area contributed by atoms with Gasteiger partial charge in [-0.05, 0) is 81.0 Å². The van der Waals surface area contributed by atoms with Gasteiger partial charge in [0.05, 0.1) is 0 Å². The summed E-state index contributed by atoms with van der Waals surface area (Å²) < 4.78 is 0. The fraction of sp³-hybridized carbons (Fsp3) is 0.931. The van der Waals surface area contributed by atoms with Gasteiger partial charge in [-0.25, -0.2) is 0 Å². The molecular formula is C29H52. The molecule has 0 atom stereocenters. The molecule has 0 nitrogen and oxygen atoms in total. The Hall–Kier alpha value is -0.260. The predicted molar refractivity (Wildman–Crippen MR) is 129 cm³/mol. The van der Waals surface area contributed by atoms with E-state index in [4.69, 9.17) is 0 Å². The summed E-state index contributed by atoms with van der Waals surface area (Å²) in [5.74, 6) is 6.46. The Kier molecular flexibility index (Phi) is 10.7. The largest absolute Gasteiger partial charge is 0.0917 e. The summed E-state index contributed by atoms with van der Waals surface area (Å²) in [5, 5.41) is 0. The summed E-state index contributed by atoms with van der Waals surface area (Å²) in [6.45, 7) is 4.55. The van der Waals surface area contributed by atoms with Gasteiger partial charge in [-0.2, -0.15) is 0 Å². The third kappa shape index (κ3) is 8.06. The maximum Gasteiger partial charge on any atom is -0.0348 e. The lowest BCUT2D eigenvalue weighted by Crippen LogP contribution is -2.25. The molecule has 168 valence electrons. The average Bonchev–Trinajstić information content (AvgIpc) is 2.78. The quantitative estimate of drug-likeness (QED) is 0.253. The Labute approximate surface area is 183 Å². The fourth-order valence-corrected chi connectivity index (χ4v) is 7.19. The molecule has 0 spiro atoms. The Morgan fingerprint density at radius 3 is 1.41 bits per heavy atom. The van der Waals surface area contributed by atoms with Crippen LogP contribution in [0.3, 0.4) is 0 Å². The molecule has 0 bridgehead atoms. The van der Waals surface area contributed by atoms with Crippen molar-refractivity contribution >= 4 is 0 Å². The van der Waals surface area contributed by atoms with Gasteiger partial charge in [0.2, 0.25) is 0 Å². The first-order valence-electron chi connectivity index (χ1n) is 13.9. The lowest BCUT2D eigenvalue weighted by molar-refractivity contribution is 0.141. The monoisotopic (exact) mass is 400 g/mol. The minimum Gasteiger partial charge on any atom is -0.0917 e. The summed E-state index contributed by atoms with van der Waals surface area (Å²) in [6, 6.07) is 0. The smallest absolute Gasteiger partial charge is 0.0348 e. The zero-order chi connectivity index (χ0) is 20.3. The van der Waals surface area contributed by atoms with E-state index in [0.717, 1.165) is 35.5 Å². The van der Waals surface area contributed by atoms with Crippen LogP contribution in [0.1, 0.15) is 136 Å². The first-order chi connectivity index (χ1) is 14.3. The number of rotatable bonds is 10. The van der Waals surface area contributed by atoms with Crippen LogP contribution in [0.15, 0.2) is 12.2 Å². The summed E-state index contributed by atoms with van der Waals surface area (Å²) >= 11 is 0. The zero-order valence-electron chi connectivity index (χ0n) is 20.1. The first kappa shape index (κ1) is 23.4. The molecule has 0 heteroatoms. The van der Waals surface area contributed by atoms with E-state index in [1.807, 2.05) is 0 Å². The van der Waals surface area contributed by atoms with Crippen LogP contribution in [0.25, 0.3) is 0 Å². The number of hydrogen-bond acceptors (Lipinski definition) is 0. The number of hydrogen-bond donors (Lipinski definition) is 0. The SMILES string of the molecule is C/C=C/CCC1CCC(CCCCC2CCC(C3CCC(CC)CC3)CC2)CC1. The summed E-state index contributed by atoms with van der Waals surface area (Å²) in [6.07, 6.45) is 33.5. The van der Waals surface area contributed by atoms with Crippen LogP contribution >= 0.6 is 0 Å². The van der Waals surface area contributed by atoms with Crippen LogP contribution in [-0.2, 0) is 0 Å². The molecule has 3 aliphatic rings. The second-order valence-corrected chi connectivity index (χ2v) is 11.3. The van der Waals surface area contributed by atoms with E-state index < -0.39 is 0 Å². The molecule has 0 saturated heterocycles. The highest BCUT2D eigenvalue weighted by molar-refractivity contribution is 4.82. The minimum atomic E-state index is 1.04. The molecule has 0 amide bonds. The maximum atomic E-state index is 2.40. The molecule has 0 aromatic rings. The topological polar surface area (TPSA) is 0 Å². The van der Waals surface area contributed by atoms with Crippen molar-refractivity contribution in [2.75, 3.05) is 0 Å². The molecule has 0 aromatic carbocycles. The van der Waals surface area contributed by atoms with Crippen molar-refractivity contribution in [3.8, 4) is 0 Å². The molecule has 0 heterocycles. The van der Waals surface area contributed by atoms with Crippen LogP contribution in [0.5, 0.6) is 0 Å². The highest BCUT2D eigenvalue weighted by Gasteiger charge is 2.30. The summed E-state index contributed by atoms with van der Waals surface area (Å²) in [5.41, 5.74) is 0. The highest BCUT2D eigenvalue weighted by Crippen LogP contribution is 2.43. The van der Waals surface area contributed by atoms with E-state index >= 15 is 0 Å². The number of allylic oxidation sites excluding steroid dienone is 2. The van der Waals surface area contributed by atoms with Crippen molar-refractivity contribution in [2.24, 2.45) is 35.5 Å². The van der Waals surface area contributed by atoms with Gasteiger partial charge >= 0.3 is 0 Å². The van der Waals surface area contributed by atoms with Crippen molar-refractivity contribution < 1.29 is 0 Å². The predicted octanol–water partition coefficient (Wildman–Crippen LogP) is 9.73. The van der Waals surface area contributed by atoms with Gasteiger partial charge in [-0.15, -0.1) is 0 Å². The van der Waals surface area contributed by atoms with E-state index in [0.29, 0.717) is 0 Å². The Morgan fingerprint density at radius 1 is 0.552 bits per heavy atom. The third-order valence-electron chi connectivity index (χ3n) is 9.45. The molecule has 29 heavy (non-hydrogen) atoms. The van der Waals surface area contributed by atoms with Crippen molar-refractivity contribution in [2.45, 2.75) is 136 Å². The molecular weight excluding hydrogens is 348 g/mol. The summed E-state index contributed by atoms with van der Waals surface area (Å²) in [4.78, 5) is 0. The van der Waals surface area contributed by atoms with Gasteiger partial charge in [-0.3, -0.25) is 0 Å². The van der Waals surface area contributed by atoms with Gasteiger partial charge in [0, 0.05) is 0 Å². The van der Waals surface area contributed by atoms with Crippen molar-refractivity contribution in [1.29, 1.82) is 0 Å². The number of unbranched alkanes of at least 4 members (excludes halogenated alkanes) is 1. The van der Waals surface area contributed by atoms with Crippen LogP contribution in [0.4, 0.5) is 0 Å². The van der Waals surface area contributed by atoms with Crippen LogP contribution < -0.4 is 0 Å². The Bertz CT molecular complexity index is 425. The molecule has 0 radical (unpaired) electrons. The molecule has 0 aliphatic heterocycles. The Morgan fingerprint density at radius 2 is 0.966 bits per heavy atom. The second-order valence-electron chi connectivity index (χ2n) is 11.3. The molecule has 0 unspecified atom stereocenters. The lowest BCUT2D eigenvalue weighted by Gasteiger charge is -2.37. The fourth-order valence-electron chi connectivity index (χ4n) is 7.19. The van der Waals surface area contributed by atoms with Gasteiger partial charge < -0.3 is 0 Å². The molecule has 3 fully saturated rings. The van der Waals surface area contributed by atoms with Crippen LogP contribution in [0, 0.1) is 35.5 Å². The highest BCUT2D eigenvalue weighted by atomic mass is 14.4. The van der Waals surface area contributed by atoms with Gasteiger partial charge in [0.1, 0.15) is 0 Å². The van der Waals surface area contributed by atoms with Crippen molar-refractivity contribution in [3.05, 3.63) is 12.2 Å². The van der Waals surface area contributed by atoms with Gasteiger partial charge in [0.25, 0.3) is 0 Å². The molecule has 3 aliphatic carbocycles. The van der Waals surface area contributed by atoms with E-state index in [2.05, 4.69) is 26.0 Å². The molecule has 0 aromatic heterocycles. The minimum absolute atomic E-state index is 1.04. The van der Waals surface area contributed by atoms with E-state index in [1.165, 1.54) is 64.2 Å². The standard InChI is InChI=1S/C29H52/c1-3-5-6-9-25-12-14-26(15-13-25)10-7-8-11-27-18-22-29(23-19-27)28-20-16-24(4-2)17-21-28/h3,5,24-29H,4,6-23H2,1-2H3/b5-3+. The normalized spacial score (nSPS) is 36.5. The third-order valence-corrected chi connectivity index (χ3v) is 9.45. The first-order valence-corrected chi connectivity index (χ1v) is 13.9. The van der Waals surface area contributed by atoms with E-state index in [9.17, 15) is 0 Å². The van der Waals surface area contributed by atoms with Gasteiger partial charge in [0.15, 0.2) is 0 Å². The van der Waals surface area contributed by atoms with Gasteiger partial charge in [-0.1, -0.05) is 103 Å². The molecule has 3 saturated carbocycles. The van der Waals surface area contributed by atoms with Crippen molar-refractivity contribution in [1.82, 2.24) is 0 Å². The molecule has 3 rings (SSSR count). The van der Waals surface area contributed by atoms with Crippen LogP contribution in [0.2, 0.25) is 0 Å². The van der Waals surface area contributed by atoms with E-state index in [-0.39, 0.29) is 0 Å². The van der Waals surface area contributed by atoms with E-state index in [1.54, 1.807) is 57.8 Å². The zero-order valence-corrected chi connectivity index (χ0v) is 20.1. The maximum absolute atomic E-state index is 2.40. The van der Waals surface area contributed by atoms with Crippen LogP contribution in [-0.4, -0.2) is 0 Å². The van der Waals surface area contributed by atoms with Crippen molar-refractivity contribution in [3.63, 3.8) is 0 Å². The average molecular weight is 401 g/mol. The Balaban J connectivity index is 1.19. The second kappa shape index (κ2) is 13.2. The lowest BCUT2D eigenvalue weighted by atomic mass is 9.68. The molecule has 0 N–H and O–H groups in total. The summed E-state index contributed by atoms with van der Waals surface area (Å²) in [7, 11) is 0.